The van der Waals surface area contributed by atoms with E-state index in [-0.39, 0.29) is 5.91 Å². The number of carbonyl (C=O) groups is 1. The highest BCUT2D eigenvalue weighted by molar-refractivity contribution is 7.13. The highest BCUT2D eigenvalue weighted by Gasteiger charge is 2.26. The molecule has 1 aliphatic rings. The van der Waals surface area contributed by atoms with Crippen LogP contribution in [-0.4, -0.2) is 47.3 Å². The summed E-state index contributed by atoms with van der Waals surface area (Å²) in [4.78, 5) is 20.8. The summed E-state index contributed by atoms with van der Waals surface area (Å²) >= 11 is 1.59. The third kappa shape index (κ3) is 3.12. The minimum Gasteiger partial charge on any atom is -0.381 e. The summed E-state index contributed by atoms with van der Waals surface area (Å²) in [5.74, 6) is 0.396. The number of aryl methyl sites for hydroxylation is 1. The average molecular weight is 371 g/mol. The molecule has 136 valence electrons. The van der Waals surface area contributed by atoms with Crippen LogP contribution in [-0.2, 0) is 4.74 Å². The number of hydrogen-bond acceptors (Lipinski definition) is 6. The van der Waals surface area contributed by atoms with Crippen molar-refractivity contribution < 1.29 is 14.1 Å². The summed E-state index contributed by atoms with van der Waals surface area (Å²) < 4.78 is 10.8. The van der Waals surface area contributed by atoms with E-state index in [0.717, 1.165) is 30.2 Å². The van der Waals surface area contributed by atoms with E-state index in [4.69, 9.17) is 9.26 Å². The molecule has 0 aromatic carbocycles. The predicted molar refractivity (Wildman–Crippen MR) is 100 cm³/mol. The zero-order valence-corrected chi connectivity index (χ0v) is 15.7. The number of pyridine rings is 1. The molecule has 0 unspecified atom stereocenters. The molecular weight excluding hydrogens is 350 g/mol. The lowest BCUT2D eigenvalue weighted by atomic mass is 10.1. The molecule has 3 aromatic rings. The minimum absolute atomic E-state index is 0.00379. The fourth-order valence-electron chi connectivity index (χ4n) is 3.38. The Balaban J connectivity index is 1.75. The van der Waals surface area contributed by atoms with Crippen molar-refractivity contribution in [3.05, 3.63) is 34.8 Å². The first-order valence-electron chi connectivity index (χ1n) is 8.85. The Morgan fingerprint density at radius 1 is 1.46 bits per heavy atom. The van der Waals surface area contributed by atoms with Crippen molar-refractivity contribution in [1.29, 1.82) is 0 Å². The summed E-state index contributed by atoms with van der Waals surface area (Å²) in [5.41, 5.74) is 2.45. The molecule has 1 saturated heterocycles. The Morgan fingerprint density at radius 3 is 3.04 bits per heavy atom. The first-order chi connectivity index (χ1) is 12.7. The van der Waals surface area contributed by atoms with Crippen LogP contribution in [0.25, 0.3) is 21.7 Å². The van der Waals surface area contributed by atoms with Gasteiger partial charge in [0.2, 0.25) is 0 Å². The number of nitrogens with zero attached hydrogens (tertiary/aromatic N) is 3. The largest absolute Gasteiger partial charge is 0.381 e. The molecule has 1 atom stereocenters. The Morgan fingerprint density at radius 2 is 2.35 bits per heavy atom. The molecule has 0 spiro atoms. The average Bonchev–Trinajstić information content (AvgIpc) is 3.41. The van der Waals surface area contributed by atoms with Crippen LogP contribution in [0.2, 0.25) is 0 Å². The number of rotatable bonds is 5. The molecule has 3 aromatic heterocycles. The molecule has 0 N–H and O–H groups in total. The number of fused-ring (bicyclic) bond motifs is 1. The fourth-order valence-corrected chi connectivity index (χ4v) is 4.07. The maximum Gasteiger partial charge on any atom is 0.259 e. The summed E-state index contributed by atoms with van der Waals surface area (Å²) in [5, 5.41) is 6.72. The predicted octanol–water partition coefficient (Wildman–Crippen LogP) is 3.76. The van der Waals surface area contributed by atoms with Crippen LogP contribution in [0, 0.1) is 12.8 Å². The third-order valence-electron chi connectivity index (χ3n) is 4.79. The summed E-state index contributed by atoms with van der Waals surface area (Å²) in [6, 6.07) is 5.83. The van der Waals surface area contributed by atoms with Crippen molar-refractivity contribution in [3.8, 4) is 10.6 Å². The number of amides is 1. The van der Waals surface area contributed by atoms with Crippen molar-refractivity contribution in [2.75, 3.05) is 26.3 Å². The van der Waals surface area contributed by atoms with Gasteiger partial charge in [-0.2, -0.15) is 0 Å². The van der Waals surface area contributed by atoms with Crippen LogP contribution in [0.15, 0.2) is 28.1 Å². The normalized spacial score (nSPS) is 17.1. The van der Waals surface area contributed by atoms with Crippen molar-refractivity contribution in [2.24, 2.45) is 5.92 Å². The van der Waals surface area contributed by atoms with Gasteiger partial charge in [0.15, 0.2) is 0 Å². The van der Waals surface area contributed by atoms with Gasteiger partial charge in [-0.25, -0.2) is 4.98 Å². The Kier molecular flexibility index (Phi) is 4.74. The van der Waals surface area contributed by atoms with Gasteiger partial charge in [0.1, 0.15) is 0 Å². The number of ether oxygens (including phenoxy) is 1. The molecule has 0 saturated carbocycles. The molecule has 4 heterocycles. The lowest BCUT2D eigenvalue weighted by molar-refractivity contribution is 0.0732. The Labute approximate surface area is 155 Å². The van der Waals surface area contributed by atoms with Crippen LogP contribution >= 0.6 is 11.3 Å². The van der Waals surface area contributed by atoms with Crippen molar-refractivity contribution in [2.45, 2.75) is 20.3 Å². The molecule has 0 radical (unpaired) electrons. The van der Waals surface area contributed by atoms with Gasteiger partial charge < -0.3 is 14.2 Å². The van der Waals surface area contributed by atoms with Gasteiger partial charge in [0, 0.05) is 25.6 Å². The number of hydrogen-bond donors (Lipinski definition) is 0. The van der Waals surface area contributed by atoms with E-state index in [9.17, 15) is 4.79 Å². The summed E-state index contributed by atoms with van der Waals surface area (Å²) in [6.45, 7) is 6.71. The number of aromatic nitrogens is 2. The molecule has 6 nitrogen and oxygen atoms in total. The number of thiophene rings is 1. The van der Waals surface area contributed by atoms with Gasteiger partial charge >= 0.3 is 0 Å². The van der Waals surface area contributed by atoms with Gasteiger partial charge in [-0.15, -0.1) is 11.3 Å². The minimum atomic E-state index is -0.00379. The zero-order valence-electron chi connectivity index (χ0n) is 14.9. The monoisotopic (exact) mass is 371 g/mol. The molecule has 0 bridgehead atoms. The fraction of sp³-hybridized carbons (Fsp3) is 0.421. The molecule has 1 aliphatic heterocycles. The van der Waals surface area contributed by atoms with Gasteiger partial charge in [-0.3, -0.25) is 4.79 Å². The quantitative estimate of drug-likeness (QED) is 0.683. The number of carbonyl (C=O) groups excluding carboxylic acids is 1. The standard InChI is InChI=1S/C19H21N3O3S/c1-3-22(10-13-6-7-24-11-13)19(23)14-9-15(16-5-4-8-26-16)20-18-17(14)12(2)21-25-18/h4-5,8-9,13H,3,6-7,10-11H2,1-2H3/t13-/m0/s1. The van der Waals surface area contributed by atoms with Gasteiger partial charge in [-0.05, 0) is 37.8 Å². The lowest BCUT2D eigenvalue weighted by Crippen LogP contribution is -2.35. The third-order valence-corrected chi connectivity index (χ3v) is 5.69. The molecule has 1 amide bonds. The van der Waals surface area contributed by atoms with Crippen molar-refractivity contribution in [3.63, 3.8) is 0 Å². The molecule has 1 fully saturated rings. The maximum atomic E-state index is 13.3. The Bertz CT molecular complexity index is 914. The van der Waals surface area contributed by atoms with Gasteiger partial charge in [0.05, 0.1) is 33.8 Å². The first kappa shape index (κ1) is 17.2. The summed E-state index contributed by atoms with van der Waals surface area (Å²) in [6.07, 6.45) is 1.00. The molecular formula is C19H21N3O3S. The lowest BCUT2D eigenvalue weighted by Gasteiger charge is -2.24. The second kappa shape index (κ2) is 7.17. The van der Waals surface area contributed by atoms with Crippen LogP contribution < -0.4 is 0 Å². The van der Waals surface area contributed by atoms with E-state index in [1.807, 2.05) is 42.3 Å². The van der Waals surface area contributed by atoms with Crippen LogP contribution in [0.1, 0.15) is 29.4 Å². The van der Waals surface area contributed by atoms with E-state index in [1.165, 1.54) is 0 Å². The first-order valence-corrected chi connectivity index (χ1v) is 9.73. The van der Waals surface area contributed by atoms with E-state index in [1.54, 1.807) is 11.3 Å². The second-order valence-corrected chi connectivity index (χ2v) is 7.50. The molecule has 7 heteroatoms. The van der Waals surface area contributed by atoms with E-state index < -0.39 is 0 Å². The summed E-state index contributed by atoms with van der Waals surface area (Å²) in [7, 11) is 0. The molecule has 26 heavy (non-hydrogen) atoms. The van der Waals surface area contributed by atoms with E-state index in [0.29, 0.717) is 41.4 Å². The van der Waals surface area contributed by atoms with Crippen molar-refractivity contribution >= 4 is 28.3 Å². The second-order valence-electron chi connectivity index (χ2n) is 6.55. The zero-order chi connectivity index (χ0) is 18.1. The smallest absolute Gasteiger partial charge is 0.259 e. The highest BCUT2D eigenvalue weighted by atomic mass is 32.1. The molecule has 0 aliphatic carbocycles. The Hall–Kier alpha value is -2.25. The van der Waals surface area contributed by atoms with Crippen LogP contribution in [0.4, 0.5) is 0 Å². The van der Waals surface area contributed by atoms with Crippen LogP contribution in [0.5, 0.6) is 0 Å². The van der Waals surface area contributed by atoms with Gasteiger partial charge in [-0.1, -0.05) is 11.2 Å². The maximum absolute atomic E-state index is 13.3. The highest BCUT2D eigenvalue weighted by Crippen LogP contribution is 2.30. The van der Waals surface area contributed by atoms with E-state index >= 15 is 0 Å². The SMILES string of the molecule is CCN(C[C@@H]1CCOC1)C(=O)c1cc(-c2cccs2)nc2onc(C)c12. The van der Waals surface area contributed by atoms with Crippen molar-refractivity contribution in [1.82, 2.24) is 15.0 Å². The van der Waals surface area contributed by atoms with Gasteiger partial charge in [0.25, 0.3) is 11.6 Å². The topological polar surface area (TPSA) is 68.5 Å². The molecule has 4 rings (SSSR count). The van der Waals surface area contributed by atoms with Crippen LogP contribution in [0.3, 0.4) is 0 Å². The van der Waals surface area contributed by atoms with E-state index in [2.05, 4.69) is 10.1 Å².